The Bertz CT molecular complexity index is 574. The molecule has 0 radical (unpaired) electrons. The van der Waals surface area contributed by atoms with Gasteiger partial charge < -0.3 is 14.6 Å². The summed E-state index contributed by atoms with van der Waals surface area (Å²) in [5.74, 6) is 0.442. The van der Waals surface area contributed by atoms with E-state index in [1.165, 1.54) is 11.3 Å². The molecule has 0 amide bonds. The minimum Gasteiger partial charge on any atom is -0.497 e. The number of thiophene rings is 1. The highest BCUT2D eigenvalue weighted by Crippen LogP contribution is 2.37. The van der Waals surface area contributed by atoms with Gasteiger partial charge in [0.1, 0.15) is 16.4 Å². The number of hydrogen-bond acceptors (Lipinski definition) is 4. The van der Waals surface area contributed by atoms with E-state index in [-0.39, 0.29) is 0 Å². The maximum absolute atomic E-state index is 10.9. The van der Waals surface area contributed by atoms with Crippen LogP contribution in [0.4, 0.5) is 0 Å². The summed E-state index contributed by atoms with van der Waals surface area (Å²) >= 11 is 1.22. The van der Waals surface area contributed by atoms with Gasteiger partial charge in [0, 0.05) is 16.5 Å². The highest BCUT2D eigenvalue weighted by Gasteiger charge is 2.12. The fourth-order valence-electron chi connectivity index (χ4n) is 1.60. The lowest BCUT2D eigenvalue weighted by Gasteiger charge is -2.08. The van der Waals surface area contributed by atoms with E-state index in [0.29, 0.717) is 16.4 Å². The van der Waals surface area contributed by atoms with Crippen molar-refractivity contribution in [1.82, 2.24) is 0 Å². The normalized spacial score (nSPS) is 10.1. The Morgan fingerprint density at radius 2 is 1.94 bits per heavy atom. The molecule has 94 valence electrons. The molecule has 0 fully saturated rings. The highest BCUT2D eigenvalue weighted by molar-refractivity contribution is 7.17. The predicted molar refractivity (Wildman–Crippen MR) is 69.8 cm³/mol. The summed E-state index contributed by atoms with van der Waals surface area (Å²) in [6.45, 7) is 0. The molecule has 1 heterocycles. The zero-order chi connectivity index (χ0) is 13.1. The Morgan fingerprint density at radius 1 is 1.17 bits per heavy atom. The molecule has 0 atom stereocenters. The van der Waals surface area contributed by atoms with E-state index < -0.39 is 5.97 Å². The van der Waals surface area contributed by atoms with Crippen LogP contribution in [0.3, 0.4) is 0 Å². The predicted octanol–water partition coefficient (Wildman–Crippen LogP) is 3.13. The van der Waals surface area contributed by atoms with Crippen molar-refractivity contribution in [3.8, 4) is 21.9 Å². The average Bonchev–Trinajstić information content (AvgIpc) is 2.87. The van der Waals surface area contributed by atoms with E-state index in [0.717, 1.165) is 10.4 Å². The maximum Gasteiger partial charge on any atom is 0.345 e. The molecule has 0 bridgehead atoms. The van der Waals surface area contributed by atoms with Gasteiger partial charge in [-0.3, -0.25) is 0 Å². The van der Waals surface area contributed by atoms with Gasteiger partial charge in [-0.25, -0.2) is 4.79 Å². The van der Waals surface area contributed by atoms with Crippen molar-refractivity contribution in [2.75, 3.05) is 14.2 Å². The standard InChI is InChI=1S/C13H12O4S/c1-16-8-3-4-9(10(7-8)17-2)11-5-6-12(18-11)13(14)15/h3-7H,1-2H3,(H,14,15). The first-order valence-electron chi connectivity index (χ1n) is 5.21. The van der Waals surface area contributed by atoms with Gasteiger partial charge in [0.2, 0.25) is 0 Å². The summed E-state index contributed by atoms with van der Waals surface area (Å²) in [6, 6.07) is 8.81. The highest BCUT2D eigenvalue weighted by atomic mass is 32.1. The number of carbonyl (C=O) groups is 1. The van der Waals surface area contributed by atoms with E-state index in [9.17, 15) is 4.79 Å². The smallest absolute Gasteiger partial charge is 0.345 e. The first-order chi connectivity index (χ1) is 8.65. The molecule has 0 saturated heterocycles. The van der Waals surface area contributed by atoms with Crippen molar-refractivity contribution in [3.05, 3.63) is 35.2 Å². The Balaban J connectivity index is 2.45. The third-order valence-corrected chi connectivity index (χ3v) is 3.60. The van der Waals surface area contributed by atoms with Crippen LogP contribution in [-0.2, 0) is 0 Å². The molecule has 4 nitrogen and oxygen atoms in total. The van der Waals surface area contributed by atoms with Crippen LogP contribution in [-0.4, -0.2) is 25.3 Å². The monoisotopic (exact) mass is 264 g/mol. The zero-order valence-corrected chi connectivity index (χ0v) is 10.8. The van der Waals surface area contributed by atoms with E-state index >= 15 is 0 Å². The molecule has 1 aromatic carbocycles. The van der Waals surface area contributed by atoms with Gasteiger partial charge >= 0.3 is 5.97 Å². The van der Waals surface area contributed by atoms with Crippen LogP contribution >= 0.6 is 11.3 Å². The van der Waals surface area contributed by atoms with E-state index in [4.69, 9.17) is 14.6 Å². The maximum atomic E-state index is 10.9. The third kappa shape index (κ3) is 2.31. The van der Waals surface area contributed by atoms with Crippen LogP contribution in [0.25, 0.3) is 10.4 Å². The summed E-state index contributed by atoms with van der Waals surface area (Å²) in [5, 5.41) is 8.91. The van der Waals surface area contributed by atoms with Gasteiger partial charge in [-0.05, 0) is 24.3 Å². The van der Waals surface area contributed by atoms with Crippen molar-refractivity contribution in [3.63, 3.8) is 0 Å². The van der Waals surface area contributed by atoms with Crippen molar-refractivity contribution in [2.24, 2.45) is 0 Å². The number of carboxylic acid groups (broad SMARTS) is 1. The molecule has 0 aliphatic carbocycles. The fourth-order valence-corrected chi connectivity index (χ4v) is 2.47. The quantitative estimate of drug-likeness (QED) is 0.921. The number of methoxy groups -OCH3 is 2. The van der Waals surface area contributed by atoms with Gasteiger partial charge in [0.05, 0.1) is 14.2 Å². The van der Waals surface area contributed by atoms with E-state index in [1.54, 1.807) is 32.4 Å². The first kappa shape index (κ1) is 12.4. The molecule has 5 heteroatoms. The van der Waals surface area contributed by atoms with E-state index in [1.807, 2.05) is 12.1 Å². The number of benzene rings is 1. The molecule has 0 aliphatic heterocycles. The molecule has 1 N–H and O–H groups in total. The van der Waals surface area contributed by atoms with Gasteiger partial charge in [0.25, 0.3) is 0 Å². The van der Waals surface area contributed by atoms with Gasteiger partial charge in [0.15, 0.2) is 0 Å². The molecule has 0 saturated carbocycles. The second-order valence-corrected chi connectivity index (χ2v) is 4.62. The lowest BCUT2D eigenvalue weighted by molar-refractivity contribution is 0.0702. The van der Waals surface area contributed by atoms with Gasteiger partial charge in [-0.2, -0.15) is 0 Å². The molecule has 18 heavy (non-hydrogen) atoms. The Kier molecular flexibility index (Phi) is 3.53. The number of hydrogen-bond donors (Lipinski definition) is 1. The number of ether oxygens (including phenoxy) is 2. The summed E-state index contributed by atoms with van der Waals surface area (Å²) < 4.78 is 10.4. The van der Waals surface area contributed by atoms with Crippen LogP contribution in [0.2, 0.25) is 0 Å². The first-order valence-corrected chi connectivity index (χ1v) is 6.03. The second-order valence-electron chi connectivity index (χ2n) is 3.54. The Hall–Kier alpha value is -2.01. The van der Waals surface area contributed by atoms with E-state index in [2.05, 4.69) is 0 Å². The summed E-state index contributed by atoms with van der Waals surface area (Å²) in [7, 11) is 3.16. The number of rotatable bonds is 4. The minimum atomic E-state index is -0.918. The lowest BCUT2D eigenvalue weighted by Crippen LogP contribution is -1.90. The molecule has 0 spiro atoms. The van der Waals surface area contributed by atoms with Crippen LogP contribution in [0.1, 0.15) is 9.67 Å². The molecular weight excluding hydrogens is 252 g/mol. The Morgan fingerprint density at radius 3 is 2.50 bits per heavy atom. The molecular formula is C13H12O4S. The van der Waals surface area contributed by atoms with Gasteiger partial charge in [-0.15, -0.1) is 11.3 Å². The number of aromatic carboxylic acids is 1. The topological polar surface area (TPSA) is 55.8 Å². The van der Waals surface area contributed by atoms with Crippen LogP contribution in [0.15, 0.2) is 30.3 Å². The molecule has 2 rings (SSSR count). The number of carboxylic acids is 1. The largest absolute Gasteiger partial charge is 0.497 e. The van der Waals surface area contributed by atoms with Gasteiger partial charge in [-0.1, -0.05) is 0 Å². The summed E-state index contributed by atoms with van der Waals surface area (Å²) in [6.07, 6.45) is 0. The third-order valence-electron chi connectivity index (χ3n) is 2.49. The Labute approximate surface area is 108 Å². The minimum absolute atomic E-state index is 0.308. The SMILES string of the molecule is COc1ccc(-c2ccc(C(=O)O)s2)c(OC)c1. The zero-order valence-electron chi connectivity index (χ0n) is 9.97. The van der Waals surface area contributed by atoms with Crippen molar-refractivity contribution in [1.29, 1.82) is 0 Å². The van der Waals surface area contributed by atoms with Crippen molar-refractivity contribution < 1.29 is 19.4 Å². The molecule has 2 aromatic rings. The molecule has 1 aromatic heterocycles. The second kappa shape index (κ2) is 5.10. The summed E-state index contributed by atoms with van der Waals surface area (Å²) in [5.41, 5.74) is 0.857. The van der Waals surface area contributed by atoms with Crippen LogP contribution in [0.5, 0.6) is 11.5 Å². The lowest BCUT2D eigenvalue weighted by atomic mass is 10.1. The van der Waals surface area contributed by atoms with Crippen LogP contribution < -0.4 is 9.47 Å². The van der Waals surface area contributed by atoms with Crippen molar-refractivity contribution >= 4 is 17.3 Å². The van der Waals surface area contributed by atoms with Crippen molar-refractivity contribution in [2.45, 2.75) is 0 Å². The fraction of sp³-hybridized carbons (Fsp3) is 0.154. The molecule has 0 unspecified atom stereocenters. The van der Waals surface area contributed by atoms with Crippen LogP contribution in [0, 0.1) is 0 Å². The average molecular weight is 264 g/mol. The summed E-state index contributed by atoms with van der Waals surface area (Å²) in [4.78, 5) is 12.0. The molecule has 0 aliphatic rings.